The largest absolute Gasteiger partial charge is 0.349 e. The molecule has 30 heavy (non-hydrogen) atoms. The summed E-state index contributed by atoms with van der Waals surface area (Å²) in [6, 6.07) is 8.91. The van der Waals surface area contributed by atoms with Gasteiger partial charge in [-0.3, -0.25) is 4.79 Å². The highest BCUT2D eigenvalue weighted by molar-refractivity contribution is 7.99. The average Bonchev–Trinajstić information content (AvgIpc) is 3.13. The van der Waals surface area contributed by atoms with Gasteiger partial charge in [-0.1, -0.05) is 56.3 Å². The molecule has 1 aliphatic carbocycles. The standard InChI is InChI=1S/C23H35N5OS/c1-5-7-15-28-22(20(6-2)27(3)4)25-26-23(28)30-16-21(29)24-19-14-10-12-17-11-8-9-13-18(17)19/h8-9,11,13,19-20H,5-7,10,12,14-16H2,1-4H3,(H,24,29)/p+1/t19-,20+/m0/s1. The second kappa shape index (κ2) is 11.0. The number of nitrogens with zero attached hydrogens (tertiary/aromatic N) is 3. The number of benzene rings is 1. The number of rotatable bonds is 10. The molecule has 2 aromatic rings. The summed E-state index contributed by atoms with van der Waals surface area (Å²) in [5, 5.41) is 13.1. The molecule has 2 atom stereocenters. The molecule has 2 N–H and O–H groups in total. The number of hydrogen-bond donors (Lipinski definition) is 2. The van der Waals surface area contributed by atoms with E-state index in [1.54, 1.807) is 0 Å². The van der Waals surface area contributed by atoms with Crippen molar-refractivity contribution in [3.63, 3.8) is 0 Å². The second-order valence-electron chi connectivity index (χ2n) is 8.38. The van der Waals surface area contributed by atoms with Crippen molar-refractivity contribution < 1.29 is 9.69 Å². The highest BCUT2D eigenvalue weighted by atomic mass is 32.2. The number of aromatic nitrogens is 3. The maximum absolute atomic E-state index is 12.7. The zero-order chi connectivity index (χ0) is 21.5. The molecule has 0 saturated carbocycles. The first-order chi connectivity index (χ1) is 14.5. The summed E-state index contributed by atoms with van der Waals surface area (Å²) in [6.45, 7) is 5.29. The van der Waals surface area contributed by atoms with Crippen LogP contribution in [0.15, 0.2) is 29.4 Å². The molecular formula is C23H36N5OS+. The van der Waals surface area contributed by atoms with Crippen LogP contribution >= 0.6 is 11.8 Å². The number of nitrogens with one attached hydrogen (secondary N) is 2. The Hall–Kier alpha value is -1.86. The van der Waals surface area contributed by atoms with Gasteiger partial charge in [0, 0.05) is 13.0 Å². The van der Waals surface area contributed by atoms with Crippen molar-refractivity contribution in [2.75, 3.05) is 19.8 Å². The summed E-state index contributed by atoms with van der Waals surface area (Å²) < 4.78 is 2.23. The molecule has 1 aromatic heterocycles. The van der Waals surface area contributed by atoms with Crippen LogP contribution in [0, 0.1) is 0 Å². The zero-order valence-corrected chi connectivity index (χ0v) is 19.6. The molecule has 6 nitrogen and oxygen atoms in total. The van der Waals surface area contributed by atoms with Crippen LogP contribution in [0.3, 0.4) is 0 Å². The summed E-state index contributed by atoms with van der Waals surface area (Å²) >= 11 is 1.50. The minimum absolute atomic E-state index is 0.0681. The van der Waals surface area contributed by atoms with E-state index in [9.17, 15) is 4.79 Å². The Morgan fingerprint density at radius 3 is 2.83 bits per heavy atom. The van der Waals surface area contributed by atoms with E-state index in [4.69, 9.17) is 0 Å². The van der Waals surface area contributed by atoms with Gasteiger partial charge in [-0.05, 0) is 36.8 Å². The van der Waals surface area contributed by atoms with E-state index >= 15 is 0 Å². The molecule has 0 saturated heterocycles. The van der Waals surface area contributed by atoms with Crippen molar-refractivity contribution in [3.8, 4) is 0 Å². The highest BCUT2D eigenvalue weighted by Crippen LogP contribution is 2.29. The van der Waals surface area contributed by atoms with Crippen molar-refractivity contribution in [2.24, 2.45) is 0 Å². The second-order valence-corrected chi connectivity index (χ2v) is 9.33. The number of carbonyl (C=O) groups excluding carboxylic acids is 1. The molecular weight excluding hydrogens is 394 g/mol. The van der Waals surface area contributed by atoms with Crippen LogP contribution in [0.25, 0.3) is 0 Å². The number of amides is 1. The fraction of sp³-hybridized carbons (Fsp3) is 0.609. The average molecular weight is 431 g/mol. The summed E-state index contributed by atoms with van der Waals surface area (Å²) in [6.07, 6.45) is 6.45. The SMILES string of the molecule is CCCCn1c(SCC(=O)N[C@H]2CCCc3ccccc32)nnc1[C@@H](CC)[NH+](C)C. The lowest BCUT2D eigenvalue weighted by atomic mass is 9.88. The Balaban J connectivity index is 1.66. The number of hydrogen-bond acceptors (Lipinski definition) is 4. The van der Waals surface area contributed by atoms with Gasteiger partial charge in [0.15, 0.2) is 11.0 Å². The van der Waals surface area contributed by atoms with E-state index in [-0.39, 0.29) is 11.9 Å². The predicted octanol–water partition coefficient (Wildman–Crippen LogP) is 2.96. The molecule has 0 aliphatic heterocycles. The Labute approximate surface area is 184 Å². The van der Waals surface area contributed by atoms with E-state index in [0.717, 1.165) is 56.1 Å². The molecule has 1 aliphatic rings. The first-order valence-corrected chi connectivity index (χ1v) is 12.3. The first kappa shape index (κ1) is 22.8. The van der Waals surface area contributed by atoms with Gasteiger partial charge >= 0.3 is 0 Å². The minimum atomic E-state index is 0.0681. The molecule has 0 fully saturated rings. The summed E-state index contributed by atoms with van der Waals surface area (Å²) in [5.41, 5.74) is 2.64. The van der Waals surface area contributed by atoms with Crippen molar-refractivity contribution in [1.29, 1.82) is 0 Å². The third kappa shape index (κ3) is 5.43. The number of carbonyl (C=O) groups is 1. The van der Waals surface area contributed by atoms with E-state index in [1.807, 2.05) is 0 Å². The molecule has 0 unspecified atom stereocenters. The molecule has 0 radical (unpaired) electrons. The molecule has 0 spiro atoms. The molecule has 7 heteroatoms. The number of aryl methyl sites for hydroxylation is 1. The third-order valence-corrected chi connectivity index (χ3v) is 6.90. The maximum Gasteiger partial charge on any atom is 0.230 e. The molecule has 1 amide bonds. The molecule has 3 rings (SSSR count). The Kier molecular flexibility index (Phi) is 8.33. The molecule has 164 valence electrons. The van der Waals surface area contributed by atoms with Gasteiger partial charge in [-0.15, -0.1) is 10.2 Å². The van der Waals surface area contributed by atoms with E-state index in [1.165, 1.54) is 27.8 Å². The van der Waals surface area contributed by atoms with Gasteiger partial charge in [0.25, 0.3) is 0 Å². The summed E-state index contributed by atoms with van der Waals surface area (Å²) in [4.78, 5) is 14.1. The lowest BCUT2D eigenvalue weighted by Gasteiger charge is -2.26. The molecule has 1 aromatic carbocycles. The van der Waals surface area contributed by atoms with E-state index < -0.39 is 0 Å². The minimum Gasteiger partial charge on any atom is -0.349 e. The van der Waals surface area contributed by atoms with Crippen LogP contribution in [0.1, 0.15) is 75.0 Å². The smallest absolute Gasteiger partial charge is 0.230 e. The van der Waals surface area contributed by atoms with Crippen molar-refractivity contribution in [2.45, 2.75) is 76.2 Å². The highest BCUT2D eigenvalue weighted by Gasteiger charge is 2.26. The third-order valence-electron chi connectivity index (χ3n) is 5.93. The fourth-order valence-electron chi connectivity index (χ4n) is 4.31. The number of unbranched alkanes of at least 4 members (excludes halogenated alkanes) is 1. The predicted molar refractivity (Wildman–Crippen MR) is 122 cm³/mol. The number of fused-ring (bicyclic) bond motifs is 1. The zero-order valence-electron chi connectivity index (χ0n) is 18.8. The van der Waals surface area contributed by atoms with Crippen LogP contribution in [0.2, 0.25) is 0 Å². The summed E-state index contributed by atoms with van der Waals surface area (Å²) in [7, 11) is 4.32. The van der Waals surface area contributed by atoms with Crippen LogP contribution in [0.5, 0.6) is 0 Å². The van der Waals surface area contributed by atoms with Gasteiger partial charge in [-0.2, -0.15) is 0 Å². The van der Waals surface area contributed by atoms with Crippen molar-refractivity contribution in [1.82, 2.24) is 20.1 Å². The molecule has 0 bridgehead atoms. The van der Waals surface area contributed by atoms with E-state index in [2.05, 4.69) is 72.3 Å². The normalized spacial score (nSPS) is 17.0. The number of thioether (sulfide) groups is 1. The van der Waals surface area contributed by atoms with Gasteiger partial charge in [0.1, 0.15) is 6.04 Å². The van der Waals surface area contributed by atoms with Crippen molar-refractivity contribution in [3.05, 3.63) is 41.2 Å². The van der Waals surface area contributed by atoms with Gasteiger partial charge in [0.05, 0.1) is 25.9 Å². The van der Waals surface area contributed by atoms with E-state index in [0.29, 0.717) is 11.8 Å². The monoisotopic (exact) mass is 430 g/mol. The number of quaternary nitrogens is 1. The van der Waals surface area contributed by atoms with Crippen LogP contribution < -0.4 is 10.2 Å². The lowest BCUT2D eigenvalue weighted by Crippen LogP contribution is -3.06. The Morgan fingerprint density at radius 1 is 1.30 bits per heavy atom. The summed E-state index contributed by atoms with van der Waals surface area (Å²) in [5.74, 6) is 1.47. The maximum atomic E-state index is 12.7. The molecule has 1 heterocycles. The first-order valence-electron chi connectivity index (χ1n) is 11.3. The topological polar surface area (TPSA) is 64.2 Å². The van der Waals surface area contributed by atoms with Gasteiger partial charge in [0.2, 0.25) is 5.91 Å². The fourth-order valence-corrected chi connectivity index (χ4v) is 5.09. The van der Waals surface area contributed by atoms with Crippen LogP contribution in [0.4, 0.5) is 0 Å². The van der Waals surface area contributed by atoms with Crippen LogP contribution in [-0.4, -0.2) is 40.5 Å². The van der Waals surface area contributed by atoms with Gasteiger partial charge < -0.3 is 14.8 Å². The van der Waals surface area contributed by atoms with Gasteiger partial charge in [-0.25, -0.2) is 0 Å². The Bertz CT molecular complexity index is 835. The lowest BCUT2D eigenvalue weighted by molar-refractivity contribution is -0.893. The quantitative estimate of drug-likeness (QED) is 0.569. The Morgan fingerprint density at radius 2 is 2.10 bits per heavy atom. The van der Waals surface area contributed by atoms with Crippen molar-refractivity contribution >= 4 is 17.7 Å². The van der Waals surface area contributed by atoms with Crippen LogP contribution in [-0.2, 0) is 17.8 Å².